The van der Waals surface area contributed by atoms with Crippen molar-refractivity contribution in [3.63, 3.8) is 0 Å². The largest absolute Gasteiger partial charge is 0.341 e. The summed E-state index contributed by atoms with van der Waals surface area (Å²) in [6, 6.07) is 6.48. The molecular formula is C17H23ClN2O2S. The van der Waals surface area contributed by atoms with Crippen LogP contribution < -0.4 is 0 Å². The molecule has 2 rings (SSSR count). The third kappa shape index (κ3) is 3.83. The number of thioether (sulfide) groups is 1. The molecule has 0 saturated carbocycles. The van der Waals surface area contributed by atoms with Crippen LogP contribution in [0.3, 0.4) is 0 Å². The molecule has 0 radical (unpaired) electrons. The molecule has 126 valence electrons. The van der Waals surface area contributed by atoms with Crippen molar-refractivity contribution in [3.05, 3.63) is 34.9 Å². The van der Waals surface area contributed by atoms with Crippen LogP contribution in [-0.2, 0) is 4.79 Å². The van der Waals surface area contributed by atoms with E-state index < -0.39 is 0 Å². The van der Waals surface area contributed by atoms with Gasteiger partial charge >= 0.3 is 0 Å². The highest BCUT2D eigenvalue weighted by molar-refractivity contribution is 8.00. The van der Waals surface area contributed by atoms with Crippen molar-refractivity contribution in [2.75, 3.05) is 18.8 Å². The standard InChI is InChI=1S/C17H23ClN2O2S/c1-4-15-20(16(21)12-7-9-13(18)10-8-12)14(11-23-15)17(22)19(5-2)6-3/h7-10,14-15H,4-6,11H2,1-3H3. The van der Waals surface area contributed by atoms with Gasteiger partial charge in [-0.1, -0.05) is 18.5 Å². The van der Waals surface area contributed by atoms with E-state index in [2.05, 4.69) is 0 Å². The Kier molecular flexibility index (Phi) is 6.36. The van der Waals surface area contributed by atoms with E-state index in [1.807, 2.05) is 20.8 Å². The lowest BCUT2D eigenvalue weighted by Gasteiger charge is -2.31. The zero-order valence-electron chi connectivity index (χ0n) is 13.8. The first kappa shape index (κ1) is 18.1. The van der Waals surface area contributed by atoms with Gasteiger partial charge in [0.25, 0.3) is 5.91 Å². The molecule has 2 unspecified atom stereocenters. The fourth-order valence-corrected chi connectivity index (χ4v) is 4.30. The van der Waals surface area contributed by atoms with Gasteiger partial charge in [-0.2, -0.15) is 0 Å². The molecule has 0 aromatic heterocycles. The molecule has 23 heavy (non-hydrogen) atoms. The molecule has 4 nitrogen and oxygen atoms in total. The SMILES string of the molecule is CCC1SCC(C(=O)N(CC)CC)N1C(=O)c1ccc(Cl)cc1. The summed E-state index contributed by atoms with van der Waals surface area (Å²) in [4.78, 5) is 29.3. The van der Waals surface area contributed by atoms with Crippen molar-refractivity contribution in [2.45, 2.75) is 38.6 Å². The van der Waals surface area contributed by atoms with Crippen LogP contribution in [0.1, 0.15) is 37.6 Å². The van der Waals surface area contributed by atoms with Crippen LogP contribution in [0.15, 0.2) is 24.3 Å². The Morgan fingerprint density at radius 1 is 1.22 bits per heavy atom. The highest BCUT2D eigenvalue weighted by Crippen LogP contribution is 2.33. The zero-order chi connectivity index (χ0) is 17.0. The highest BCUT2D eigenvalue weighted by atomic mass is 35.5. The van der Waals surface area contributed by atoms with E-state index >= 15 is 0 Å². The molecule has 2 amide bonds. The van der Waals surface area contributed by atoms with Crippen molar-refractivity contribution in [2.24, 2.45) is 0 Å². The Balaban J connectivity index is 2.28. The Labute approximate surface area is 147 Å². The minimum atomic E-state index is -0.381. The molecule has 1 aliphatic rings. The van der Waals surface area contributed by atoms with E-state index in [1.54, 1.807) is 45.8 Å². The predicted molar refractivity (Wildman–Crippen MR) is 95.9 cm³/mol. The first-order valence-electron chi connectivity index (χ1n) is 8.02. The third-order valence-electron chi connectivity index (χ3n) is 4.13. The zero-order valence-corrected chi connectivity index (χ0v) is 15.4. The first-order valence-corrected chi connectivity index (χ1v) is 9.44. The molecule has 1 fully saturated rings. The van der Waals surface area contributed by atoms with Gasteiger partial charge in [-0.25, -0.2) is 0 Å². The molecule has 6 heteroatoms. The second kappa shape index (κ2) is 8.06. The molecular weight excluding hydrogens is 332 g/mol. The Hall–Kier alpha value is -1.20. The number of amides is 2. The number of carbonyl (C=O) groups excluding carboxylic acids is 2. The van der Waals surface area contributed by atoms with Crippen LogP contribution in [0.25, 0.3) is 0 Å². The fraction of sp³-hybridized carbons (Fsp3) is 0.529. The summed E-state index contributed by atoms with van der Waals surface area (Å²) in [7, 11) is 0. The average molecular weight is 355 g/mol. The number of carbonyl (C=O) groups is 2. The van der Waals surface area contributed by atoms with Gasteiger partial charge in [0.15, 0.2) is 0 Å². The van der Waals surface area contributed by atoms with Crippen LogP contribution in [0.2, 0.25) is 5.02 Å². The number of likely N-dealkylation sites (N-methyl/N-ethyl adjacent to an activating group) is 1. The first-order chi connectivity index (χ1) is 11.0. The molecule has 0 N–H and O–H groups in total. The van der Waals surface area contributed by atoms with E-state index in [-0.39, 0.29) is 23.2 Å². The van der Waals surface area contributed by atoms with E-state index in [0.29, 0.717) is 29.4 Å². The summed E-state index contributed by atoms with van der Waals surface area (Å²) in [5, 5.41) is 0.642. The number of hydrogen-bond acceptors (Lipinski definition) is 3. The molecule has 1 aromatic rings. The minimum Gasteiger partial charge on any atom is -0.341 e. The van der Waals surface area contributed by atoms with Crippen molar-refractivity contribution >= 4 is 35.2 Å². The number of hydrogen-bond donors (Lipinski definition) is 0. The van der Waals surface area contributed by atoms with Gasteiger partial charge in [-0.15, -0.1) is 11.8 Å². The van der Waals surface area contributed by atoms with E-state index in [0.717, 1.165) is 6.42 Å². The molecule has 0 bridgehead atoms. The van der Waals surface area contributed by atoms with Crippen molar-refractivity contribution < 1.29 is 9.59 Å². The van der Waals surface area contributed by atoms with E-state index in [4.69, 9.17) is 11.6 Å². The van der Waals surface area contributed by atoms with Crippen LogP contribution >= 0.6 is 23.4 Å². The molecule has 1 heterocycles. The maximum Gasteiger partial charge on any atom is 0.255 e. The summed E-state index contributed by atoms with van der Waals surface area (Å²) in [5.41, 5.74) is 0.577. The predicted octanol–water partition coefficient (Wildman–Crippen LogP) is 3.50. The van der Waals surface area contributed by atoms with Crippen molar-refractivity contribution in [1.29, 1.82) is 0 Å². The summed E-state index contributed by atoms with van der Waals surface area (Å²) in [6.07, 6.45) is 0.825. The van der Waals surface area contributed by atoms with Gasteiger partial charge in [0.05, 0.1) is 5.37 Å². The lowest BCUT2D eigenvalue weighted by Crippen LogP contribution is -2.51. The Morgan fingerprint density at radius 2 is 1.83 bits per heavy atom. The number of halogens is 1. The van der Waals surface area contributed by atoms with Gasteiger partial charge in [0, 0.05) is 29.4 Å². The maximum absolute atomic E-state index is 12.9. The average Bonchev–Trinajstić information content (AvgIpc) is 2.99. The van der Waals surface area contributed by atoms with Crippen LogP contribution in [-0.4, -0.2) is 51.9 Å². The Bertz CT molecular complexity index is 560. The lowest BCUT2D eigenvalue weighted by molar-refractivity contribution is -0.134. The second-order valence-corrected chi connectivity index (χ2v) is 7.09. The molecule has 0 spiro atoms. The van der Waals surface area contributed by atoms with Crippen molar-refractivity contribution in [3.8, 4) is 0 Å². The van der Waals surface area contributed by atoms with Gasteiger partial charge in [0.1, 0.15) is 6.04 Å². The Morgan fingerprint density at radius 3 is 2.35 bits per heavy atom. The summed E-state index contributed by atoms with van der Waals surface area (Å²) in [6.45, 7) is 7.30. The maximum atomic E-state index is 12.9. The minimum absolute atomic E-state index is 0.0424. The smallest absolute Gasteiger partial charge is 0.255 e. The number of nitrogens with zero attached hydrogens (tertiary/aromatic N) is 2. The summed E-state index contributed by atoms with van der Waals surface area (Å²) >= 11 is 7.58. The quantitative estimate of drug-likeness (QED) is 0.812. The monoisotopic (exact) mass is 354 g/mol. The van der Waals surface area contributed by atoms with Gasteiger partial charge < -0.3 is 9.80 Å². The van der Waals surface area contributed by atoms with Gasteiger partial charge in [-0.05, 0) is 44.5 Å². The van der Waals surface area contributed by atoms with Crippen LogP contribution in [0.4, 0.5) is 0 Å². The summed E-state index contributed by atoms with van der Waals surface area (Å²) < 4.78 is 0. The van der Waals surface area contributed by atoms with Crippen LogP contribution in [0, 0.1) is 0 Å². The van der Waals surface area contributed by atoms with Crippen LogP contribution in [0.5, 0.6) is 0 Å². The highest BCUT2D eigenvalue weighted by Gasteiger charge is 2.42. The number of benzene rings is 1. The molecule has 2 atom stereocenters. The van der Waals surface area contributed by atoms with Gasteiger partial charge in [-0.3, -0.25) is 9.59 Å². The molecule has 1 aliphatic heterocycles. The lowest BCUT2D eigenvalue weighted by atomic mass is 10.1. The molecule has 1 aromatic carbocycles. The topological polar surface area (TPSA) is 40.6 Å². The van der Waals surface area contributed by atoms with E-state index in [1.165, 1.54) is 0 Å². The molecule has 1 saturated heterocycles. The normalized spacial score (nSPS) is 20.6. The number of rotatable bonds is 5. The fourth-order valence-electron chi connectivity index (χ4n) is 2.83. The van der Waals surface area contributed by atoms with E-state index in [9.17, 15) is 9.59 Å². The molecule has 0 aliphatic carbocycles. The second-order valence-electron chi connectivity index (χ2n) is 5.44. The third-order valence-corrected chi connectivity index (χ3v) is 5.83. The van der Waals surface area contributed by atoms with Gasteiger partial charge in [0.2, 0.25) is 5.91 Å². The summed E-state index contributed by atoms with van der Waals surface area (Å²) in [5.74, 6) is 0.609. The van der Waals surface area contributed by atoms with Crippen molar-refractivity contribution in [1.82, 2.24) is 9.80 Å².